The van der Waals surface area contributed by atoms with Crippen molar-refractivity contribution in [2.24, 2.45) is 0 Å². The van der Waals surface area contributed by atoms with Crippen molar-refractivity contribution in [3.8, 4) is 10.6 Å². The predicted molar refractivity (Wildman–Crippen MR) is 115 cm³/mol. The molecular weight excluding hydrogens is 390 g/mol. The second-order valence-electron chi connectivity index (χ2n) is 6.36. The second kappa shape index (κ2) is 9.03. The van der Waals surface area contributed by atoms with Gasteiger partial charge in [0.2, 0.25) is 5.91 Å². The number of hydrogen-bond donors (Lipinski definition) is 2. The first kappa shape index (κ1) is 20.1. The smallest absolute Gasteiger partial charge is 0.272 e. The Kier molecular flexibility index (Phi) is 6.49. The number of thioether (sulfide) groups is 1. The van der Waals surface area contributed by atoms with E-state index in [0.29, 0.717) is 10.6 Å². The van der Waals surface area contributed by atoms with E-state index in [1.807, 2.05) is 56.3 Å². The molecule has 0 aliphatic heterocycles. The fourth-order valence-corrected chi connectivity index (χ4v) is 4.41. The third-order valence-corrected chi connectivity index (χ3v) is 6.41. The summed E-state index contributed by atoms with van der Waals surface area (Å²) in [7, 11) is 0. The molecule has 1 aromatic heterocycles. The number of hydrazine groups is 1. The highest BCUT2D eigenvalue weighted by atomic mass is 32.2. The van der Waals surface area contributed by atoms with Gasteiger partial charge in [-0.25, -0.2) is 4.98 Å². The van der Waals surface area contributed by atoms with Crippen LogP contribution in [0.2, 0.25) is 0 Å². The van der Waals surface area contributed by atoms with Crippen LogP contribution < -0.4 is 10.9 Å². The Morgan fingerprint density at radius 2 is 1.79 bits per heavy atom. The van der Waals surface area contributed by atoms with E-state index in [0.717, 1.165) is 21.0 Å². The minimum Gasteiger partial charge on any atom is -0.272 e. The van der Waals surface area contributed by atoms with Gasteiger partial charge in [0.05, 0.1) is 11.4 Å². The van der Waals surface area contributed by atoms with E-state index >= 15 is 0 Å². The Bertz CT molecular complexity index is 1000. The molecule has 1 heterocycles. The first-order valence-corrected chi connectivity index (χ1v) is 10.6. The molecule has 0 radical (unpaired) electrons. The monoisotopic (exact) mass is 411 g/mol. The standard InChI is InChI=1S/C21H21N3O2S2/c1-13-9-10-17(14(2)11-13)27-12-18(25)23-24-20(26)19-15(3)22-21(28-19)16-7-5-4-6-8-16/h4-11H,12H2,1-3H3,(H,23,25)(H,24,26). The summed E-state index contributed by atoms with van der Waals surface area (Å²) in [6.45, 7) is 5.84. The highest BCUT2D eigenvalue weighted by Gasteiger charge is 2.17. The molecule has 0 spiro atoms. The van der Waals surface area contributed by atoms with Gasteiger partial charge in [-0.05, 0) is 32.4 Å². The molecule has 2 aromatic carbocycles. The summed E-state index contributed by atoms with van der Waals surface area (Å²) < 4.78 is 0. The third kappa shape index (κ3) is 4.99. The molecule has 0 aliphatic carbocycles. The number of hydrogen-bond acceptors (Lipinski definition) is 5. The Morgan fingerprint density at radius 3 is 2.50 bits per heavy atom. The first-order chi connectivity index (χ1) is 13.4. The highest BCUT2D eigenvalue weighted by Crippen LogP contribution is 2.27. The molecule has 144 valence electrons. The van der Waals surface area contributed by atoms with Crippen LogP contribution in [-0.2, 0) is 4.79 Å². The molecule has 7 heteroatoms. The van der Waals surface area contributed by atoms with Crippen LogP contribution in [0.3, 0.4) is 0 Å². The molecule has 0 bridgehead atoms. The molecule has 28 heavy (non-hydrogen) atoms. The molecule has 0 saturated heterocycles. The zero-order valence-corrected chi connectivity index (χ0v) is 17.5. The van der Waals surface area contributed by atoms with E-state index < -0.39 is 0 Å². The van der Waals surface area contributed by atoms with Gasteiger partial charge in [-0.15, -0.1) is 23.1 Å². The summed E-state index contributed by atoms with van der Waals surface area (Å²) >= 11 is 2.75. The Hall–Kier alpha value is -2.64. The van der Waals surface area contributed by atoms with Gasteiger partial charge in [0.1, 0.15) is 9.88 Å². The van der Waals surface area contributed by atoms with Crippen LogP contribution in [0, 0.1) is 20.8 Å². The predicted octanol–water partition coefficient (Wildman–Crippen LogP) is 4.29. The van der Waals surface area contributed by atoms with Gasteiger partial charge in [-0.2, -0.15) is 0 Å². The van der Waals surface area contributed by atoms with Gasteiger partial charge in [0, 0.05) is 10.5 Å². The van der Waals surface area contributed by atoms with Crippen LogP contribution in [0.5, 0.6) is 0 Å². The number of rotatable bonds is 5. The minimum absolute atomic E-state index is 0.223. The summed E-state index contributed by atoms with van der Waals surface area (Å²) in [4.78, 5) is 30.5. The lowest BCUT2D eigenvalue weighted by Gasteiger charge is -2.08. The molecule has 0 atom stereocenters. The summed E-state index contributed by atoms with van der Waals surface area (Å²) in [6, 6.07) is 15.8. The van der Waals surface area contributed by atoms with E-state index in [4.69, 9.17) is 0 Å². The second-order valence-corrected chi connectivity index (χ2v) is 8.38. The van der Waals surface area contributed by atoms with Gasteiger partial charge in [-0.1, -0.05) is 48.0 Å². The molecule has 0 fully saturated rings. The zero-order valence-electron chi connectivity index (χ0n) is 15.9. The van der Waals surface area contributed by atoms with Crippen molar-refractivity contribution < 1.29 is 9.59 Å². The maximum absolute atomic E-state index is 12.4. The Labute approximate surface area is 172 Å². The minimum atomic E-state index is -0.359. The van der Waals surface area contributed by atoms with Crippen molar-refractivity contribution in [2.75, 3.05) is 5.75 Å². The molecule has 2 N–H and O–H groups in total. The lowest BCUT2D eigenvalue weighted by Crippen LogP contribution is -2.42. The zero-order chi connectivity index (χ0) is 20.1. The van der Waals surface area contributed by atoms with E-state index in [9.17, 15) is 9.59 Å². The molecule has 0 aliphatic rings. The summed E-state index contributed by atoms with van der Waals surface area (Å²) in [5, 5.41) is 0.778. The largest absolute Gasteiger partial charge is 0.281 e. The summed E-state index contributed by atoms with van der Waals surface area (Å²) in [6.07, 6.45) is 0. The third-order valence-electron chi connectivity index (χ3n) is 4.03. The number of carbonyl (C=O) groups is 2. The van der Waals surface area contributed by atoms with Crippen LogP contribution >= 0.6 is 23.1 Å². The van der Waals surface area contributed by atoms with Gasteiger partial charge in [-0.3, -0.25) is 20.4 Å². The molecule has 3 rings (SSSR count). The lowest BCUT2D eigenvalue weighted by atomic mass is 10.2. The molecule has 0 unspecified atom stereocenters. The van der Waals surface area contributed by atoms with Crippen molar-refractivity contribution in [1.82, 2.24) is 15.8 Å². The number of nitrogens with zero attached hydrogens (tertiary/aromatic N) is 1. The van der Waals surface area contributed by atoms with Crippen molar-refractivity contribution in [3.63, 3.8) is 0 Å². The maximum Gasteiger partial charge on any atom is 0.281 e. The van der Waals surface area contributed by atoms with Crippen molar-refractivity contribution in [3.05, 3.63) is 70.2 Å². The molecule has 5 nitrogen and oxygen atoms in total. The quantitative estimate of drug-likeness (QED) is 0.485. The van der Waals surface area contributed by atoms with Crippen LogP contribution in [0.4, 0.5) is 0 Å². The normalized spacial score (nSPS) is 10.5. The average molecular weight is 412 g/mol. The number of amides is 2. The van der Waals surface area contributed by atoms with Crippen LogP contribution in [0.25, 0.3) is 10.6 Å². The topological polar surface area (TPSA) is 71.1 Å². The van der Waals surface area contributed by atoms with Gasteiger partial charge >= 0.3 is 0 Å². The maximum atomic E-state index is 12.4. The molecular formula is C21H21N3O2S2. The van der Waals surface area contributed by atoms with Crippen molar-refractivity contribution in [1.29, 1.82) is 0 Å². The van der Waals surface area contributed by atoms with Crippen LogP contribution in [0.1, 0.15) is 26.5 Å². The average Bonchev–Trinajstić information content (AvgIpc) is 3.08. The number of benzene rings is 2. The lowest BCUT2D eigenvalue weighted by molar-refractivity contribution is -0.119. The van der Waals surface area contributed by atoms with E-state index in [2.05, 4.69) is 21.9 Å². The van der Waals surface area contributed by atoms with E-state index in [1.165, 1.54) is 28.7 Å². The van der Waals surface area contributed by atoms with Gasteiger partial charge < -0.3 is 0 Å². The Morgan fingerprint density at radius 1 is 1.04 bits per heavy atom. The van der Waals surface area contributed by atoms with Crippen molar-refractivity contribution >= 4 is 34.9 Å². The number of aryl methyl sites for hydroxylation is 3. The molecule has 2 amide bonds. The number of carbonyl (C=O) groups excluding carboxylic acids is 2. The molecule has 0 saturated carbocycles. The summed E-state index contributed by atoms with van der Waals surface area (Å²) in [5.74, 6) is -0.396. The first-order valence-electron chi connectivity index (χ1n) is 8.76. The van der Waals surface area contributed by atoms with Gasteiger partial charge in [0.25, 0.3) is 5.91 Å². The SMILES string of the molecule is Cc1ccc(SCC(=O)NNC(=O)c2sc(-c3ccccc3)nc2C)c(C)c1. The Balaban J connectivity index is 1.55. The number of nitrogens with one attached hydrogen (secondary N) is 2. The molecule has 3 aromatic rings. The van der Waals surface area contributed by atoms with Gasteiger partial charge in [0.15, 0.2) is 0 Å². The van der Waals surface area contributed by atoms with Crippen LogP contribution in [0.15, 0.2) is 53.4 Å². The number of thiazole rings is 1. The van der Waals surface area contributed by atoms with Crippen LogP contribution in [-0.4, -0.2) is 22.6 Å². The fraction of sp³-hybridized carbons (Fsp3) is 0.190. The van der Waals surface area contributed by atoms with Crippen molar-refractivity contribution in [2.45, 2.75) is 25.7 Å². The fourth-order valence-electron chi connectivity index (χ4n) is 2.64. The van der Waals surface area contributed by atoms with E-state index in [1.54, 1.807) is 6.92 Å². The highest BCUT2D eigenvalue weighted by molar-refractivity contribution is 8.00. The summed E-state index contributed by atoms with van der Waals surface area (Å²) in [5.41, 5.74) is 8.88. The number of aromatic nitrogens is 1. The van der Waals surface area contributed by atoms with E-state index in [-0.39, 0.29) is 17.6 Å².